The molecule has 3 aromatic rings. The lowest BCUT2D eigenvalue weighted by atomic mass is 9.85. The van der Waals surface area contributed by atoms with Gasteiger partial charge in [0.15, 0.2) is 0 Å². The van der Waals surface area contributed by atoms with Crippen molar-refractivity contribution >= 4 is 35.0 Å². The van der Waals surface area contributed by atoms with Gasteiger partial charge in [-0.05, 0) is 60.2 Å². The van der Waals surface area contributed by atoms with E-state index in [0.29, 0.717) is 63.6 Å². The Kier molecular flexibility index (Phi) is 10.2. The van der Waals surface area contributed by atoms with Crippen LogP contribution < -0.4 is 15.5 Å². The Morgan fingerprint density at radius 2 is 1.59 bits per heavy atom. The van der Waals surface area contributed by atoms with Crippen LogP contribution in [0.1, 0.15) is 29.5 Å². The molecular weight excluding hydrogens is 640 g/mol. The number of rotatable bonds is 9. The zero-order valence-corrected chi connectivity index (χ0v) is 28.6. The Balaban J connectivity index is 1.06. The van der Waals surface area contributed by atoms with Gasteiger partial charge < -0.3 is 30.1 Å². The Morgan fingerprint density at radius 1 is 0.898 bits per heavy atom. The molecule has 3 aromatic carbocycles. The standard InChI is InChI=1S/C38H45ClN6O4/c39-31-12-10-28(11-13-31)24-34(41-35(46)33-25-29-6-4-5-7-30(29)26-40-33)36(47)43-16-14-38(15-17-43)37(48)44(19-18-42-20-22-49-23-21-42)27-45(38)32-8-2-1-3-9-32/h1-13,33-34,40H,14-27H2,(H,41,46)/t33-,34-/m1/s1. The molecule has 258 valence electrons. The number of nitrogens with zero attached hydrogens (tertiary/aromatic N) is 4. The largest absolute Gasteiger partial charge is 0.379 e. The lowest BCUT2D eigenvalue weighted by Crippen LogP contribution is -2.60. The van der Waals surface area contributed by atoms with E-state index in [9.17, 15) is 14.4 Å². The molecule has 10 nitrogen and oxygen atoms in total. The van der Waals surface area contributed by atoms with Gasteiger partial charge in [0, 0.05) is 62.9 Å². The normalized spacial score (nSPS) is 21.4. The topological polar surface area (TPSA) is 97.5 Å². The average molecular weight is 685 g/mol. The fourth-order valence-electron chi connectivity index (χ4n) is 7.75. The van der Waals surface area contributed by atoms with Gasteiger partial charge in [-0.3, -0.25) is 19.3 Å². The molecule has 4 aliphatic rings. The quantitative estimate of drug-likeness (QED) is 0.358. The van der Waals surface area contributed by atoms with Crippen LogP contribution in [-0.4, -0.2) is 109 Å². The summed E-state index contributed by atoms with van der Waals surface area (Å²) in [4.78, 5) is 50.7. The highest BCUT2D eigenvalue weighted by Gasteiger charge is 2.54. The van der Waals surface area contributed by atoms with Crippen LogP contribution in [0.5, 0.6) is 0 Å². The van der Waals surface area contributed by atoms with Crippen LogP contribution in [0.25, 0.3) is 0 Å². The first-order valence-corrected chi connectivity index (χ1v) is 17.8. The van der Waals surface area contributed by atoms with E-state index in [1.807, 2.05) is 52.3 Å². The Morgan fingerprint density at radius 3 is 2.33 bits per heavy atom. The maximum atomic E-state index is 14.3. The minimum absolute atomic E-state index is 0.129. The number of carbonyl (C=O) groups is 3. The number of nitrogens with one attached hydrogen (secondary N) is 2. The van der Waals surface area contributed by atoms with Crippen LogP contribution in [0.4, 0.5) is 5.69 Å². The average Bonchev–Trinajstić information content (AvgIpc) is 3.41. The van der Waals surface area contributed by atoms with Crippen LogP contribution in [0.3, 0.4) is 0 Å². The molecule has 4 aliphatic heterocycles. The van der Waals surface area contributed by atoms with Crippen molar-refractivity contribution in [3.63, 3.8) is 0 Å². The molecule has 0 unspecified atom stereocenters. The lowest BCUT2D eigenvalue weighted by Gasteiger charge is -2.44. The van der Waals surface area contributed by atoms with Gasteiger partial charge in [-0.15, -0.1) is 0 Å². The molecule has 2 atom stereocenters. The molecule has 0 radical (unpaired) electrons. The number of benzene rings is 3. The summed E-state index contributed by atoms with van der Waals surface area (Å²) in [5.74, 6) is -0.186. The number of carbonyl (C=O) groups excluding carboxylic acids is 3. The molecule has 0 bridgehead atoms. The second-order valence-corrected chi connectivity index (χ2v) is 14.0. The zero-order chi connectivity index (χ0) is 33.8. The lowest BCUT2D eigenvalue weighted by molar-refractivity contribution is -0.141. The van der Waals surface area contributed by atoms with Crippen molar-refractivity contribution in [1.29, 1.82) is 0 Å². The fourth-order valence-corrected chi connectivity index (χ4v) is 7.87. The molecule has 3 saturated heterocycles. The summed E-state index contributed by atoms with van der Waals surface area (Å²) in [5, 5.41) is 7.08. The number of anilines is 1. The minimum atomic E-state index is -0.753. The molecule has 0 aromatic heterocycles. The Hall–Kier alpha value is -3.96. The number of fused-ring (bicyclic) bond motifs is 1. The van der Waals surface area contributed by atoms with E-state index in [1.165, 1.54) is 5.56 Å². The predicted octanol–water partition coefficient (Wildman–Crippen LogP) is 3.08. The van der Waals surface area contributed by atoms with Crippen LogP contribution in [0, 0.1) is 0 Å². The van der Waals surface area contributed by atoms with Crippen molar-refractivity contribution in [3.8, 4) is 0 Å². The first-order valence-electron chi connectivity index (χ1n) is 17.5. The second-order valence-electron chi connectivity index (χ2n) is 13.6. The van der Waals surface area contributed by atoms with Crippen molar-refractivity contribution in [2.45, 2.75) is 49.9 Å². The predicted molar refractivity (Wildman–Crippen MR) is 189 cm³/mol. The molecule has 0 aliphatic carbocycles. The molecule has 7 rings (SSSR count). The van der Waals surface area contributed by atoms with Crippen molar-refractivity contribution in [2.75, 3.05) is 64.1 Å². The number of hydrogen-bond acceptors (Lipinski definition) is 7. The van der Waals surface area contributed by atoms with E-state index >= 15 is 0 Å². The number of hydrogen-bond donors (Lipinski definition) is 2. The van der Waals surface area contributed by atoms with Crippen LogP contribution in [-0.2, 0) is 38.5 Å². The number of amides is 3. The monoisotopic (exact) mass is 684 g/mol. The zero-order valence-electron chi connectivity index (χ0n) is 27.9. The van der Waals surface area contributed by atoms with Gasteiger partial charge in [-0.25, -0.2) is 0 Å². The number of ether oxygens (including phenoxy) is 1. The van der Waals surface area contributed by atoms with Gasteiger partial charge in [-0.2, -0.15) is 0 Å². The molecule has 2 N–H and O–H groups in total. The highest BCUT2D eigenvalue weighted by molar-refractivity contribution is 6.30. The smallest absolute Gasteiger partial charge is 0.250 e. The third-order valence-corrected chi connectivity index (χ3v) is 10.9. The van der Waals surface area contributed by atoms with Gasteiger partial charge in [0.2, 0.25) is 17.7 Å². The highest BCUT2D eigenvalue weighted by Crippen LogP contribution is 2.39. The third-order valence-electron chi connectivity index (χ3n) is 10.6. The van der Waals surface area contributed by atoms with Crippen LogP contribution in [0.15, 0.2) is 78.9 Å². The first kappa shape index (κ1) is 33.5. The molecule has 11 heteroatoms. The summed E-state index contributed by atoms with van der Waals surface area (Å²) in [6, 6.07) is 24.5. The molecule has 0 saturated carbocycles. The number of likely N-dealkylation sites (tertiary alicyclic amines) is 1. The summed E-state index contributed by atoms with van der Waals surface area (Å²) in [6.07, 6.45) is 1.94. The van der Waals surface area contributed by atoms with E-state index in [0.717, 1.165) is 49.7 Å². The minimum Gasteiger partial charge on any atom is -0.379 e. The Labute approximate surface area is 293 Å². The van der Waals surface area contributed by atoms with Crippen molar-refractivity contribution in [2.24, 2.45) is 0 Å². The summed E-state index contributed by atoms with van der Waals surface area (Å²) in [5.41, 5.74) is 3.53. The summed E-state index contributed by atoms with van der Waals surface area (Å²) >= 11 is 6.16. The van der Waals surface area contributed by atoms with Gasteiger partial charge in [0.25, 0.3) is 0 Å². The third kappa shape index (κ3) is 7.33. The number of piperidine rings is 1. The van der Waals surface area contributed by atoms with Crippen LogP contribution in [0.2, 0.25) is 5.02 Å². The molecule has 4 heterocycles. The Bertz CT molecular complexity index is 1620. The molecule has 3 fully saturated rings. The summed E-state index contributed by atoms with van der Waals surface area (Å²) in [7, 11) is 0. The molecule has 3 amide bonds. The van der Waals surface area contributed by atoms with Gasteiger partial charge in [-0.1, -0.05) is 66.2 Å². The maximum absolute atomic E-state index is 14.3. The first-order chi connectivity index (χ1) is 23.9. The maximum Gasteiger partial charge on any atom is 0.250 e. The van der Waals surface area contributed by atoms with Gasteiger partial charge >= 0.3 is 0 Å². The van der Waals surface area contributed by atoms with Crippen molar-refractivity contribution < 1.29 is 19.1 Å². The molecule has 1 spiro atoms. The van der Waals surface area contributed by atoms with Crippen LogP contribution >= 0.6 is 11.6 Å². The van der Waals surface area contributed by atoms with E-state index in [2.05, 4.69) is 44.7 Å². The molecular formula is C38H45ClN6O4. The molecule has 49 heavy (non-hydrogen) atoms. The van der Waals surface area contributed by atoms with E-state index in [4.69, 9.17) is 16.3 Å². The van der Waals surface area contributed by atoms with Crippen molar-refractivity contribution in [3.05, 3.63) is 101 Å². The van der Waals surface area contributed by atoms with E-state index in [-0.39, 0.29) is 17.7 Å². The highest BCUT2D eigenvalue weighted by atomic mass is 35.5. The summed E-state index contributed by atoms with van der Waals surface area (Å²) in [6.45, 7) is 6.65. The fraction of sp³-hybridized carbons (Fsp3) is 0.447. The number of halogens is 1. The summed E-state index contributed by atoms with van der Waals surface area (Å²) < 4.78 is 5.51. The number of morpholine rings is 1. The van der Waals surface area contributed by atoms with Gasteiger partial charge in [0.05, 0.1) is 25.9 Å². The van der Waals surface area contributed by atoms with Gasteiger partial charge in [0.1, 0.15) is 11.6 Å². The number of para-hydroxylation sites is 1. The van der Waals surface area contributed by atoms with E-state index in [1.54, 1.807) is 12.1 Å². The SMILES string of the molecule is O=C(N[C@H](Cc1ccc(Cl)cc1)C(=O)N1CCC2(CC1)C(=O)N(CCN1CCOCC1)CN2c1ccccc1)[C@H]1Cc2ccccc2CN1. The second kappa shape index (κ2) is 14.9. The van der Waals surface area contributed by atoms with Crippen molar-refractivity contribution in [1.82, 2.24) is 25.3 Å². The van der Waals surface area contributed by atoms with E-state index < -0.39 is 17.6 Å².